The summed E-state index contributed by atoms with van der Waals surface area (Å²) in [5.41, 5.74) is 2.68. The molecule has 0 saturated heterocycles. The van der Waals surface area contributed by atoms with Crippen molar-refractivity contribution in [1.29, 1.82) is 0 Å². The Labute approximate surface area is 129 Å². The minimum atomic E-state index is -0.224. The van der Waals surface area contributed by atoms with Crippen LogP contribution in [0.25, 0.3) is 0 Å². The minimum Gasteiger partial charge on any atom is -0.395 e. The topological polar surface area (TPSA) is 78.6 Å². The first kappa shape index (κ1) is 16.0. The molecule has 2 aromatic rings. The molecule has 1 aromatic carbocycles. The van der Waals surface area contributed by atoms with Crippen molar-refractivity contribution in [2.24, 2.45) is 0 Å². The fraction of sp³-hybridized carbons (Fsp3) is 0.375. The first-order chi connectivity index (χ1) is 10.6. The number of aromatic nitrogens is 1. The summed E-state index contributed by atoms with van der Waals surface area (Å²) in [6, 6.07) is 9.45. The van der Waals surface area contributed by atoms with Gasteiger partial charge in [-0.05, 0) is 19.4 Å². The van der Waals surface area contributed by atoms with Gasteiger partial charge in [-0.25, -0.2) is 4.79 Å². The molecule has 0 aliphatic heterocycles. The van der Waals surface area contributed by atoms with Crippen molar-refractivity contribution in [1.82, 2.24) is 15.4 Å². The molecule has 6 heteroatoms. The van der Waals surface area contributed by atoms with Gasteiger partial charge < -0.3 is 19.8 Å². The number of nitrogens with zero attached hydrogens (tertiary/aromatic N) is 2. The summed E-state index contributed by atoms with van der Waals surface area (Å²) in [6.07, 6.45) is 0. The third kappa shape index (κ3) is 4.08. The lowest BCUT2D eigenvalue weighted by atomic mass is 10.2. The maximum absolute atomic E-state index is 12.3. The third-order valence-electron chi connectivity index (χ3n) is 3.47. The van der Waals surface area contributed by atoms with Gasteiger partial charge in [-0.3, -0.25) is 0 Å². The van der Waals surface area contributed by atoms with Crippen LogP contribution in [0.2, 0.25) is 0 Å². The molecule has 1 heterocycles. The van der Waals surface area contributed by atoms with Crippen LogP contribution in [0.3, 0.4) is 0 Å². The molecule has 0 aliphatic rings. The zero-order valence-electron chi connectivity index (χ0n) is 12.9. The second-order valence-corrected chi connectivity index (χ2v) is 5.09. The number of hydrogen-bond donors (Lipinski definition) is 2. The van der Waals surface area contributed by atoms with Crippen LogP contribution in [0.1, 0.15) is 22.6 Å². The van der Waals surface area contributed by atoms with E-state index in [0.29, 0.717) is 18.8 Å². The van der Waals surface area contributed by atoms with Crippen molar-refractivity contribution in [2.75, 3.05) is 13.2 Å². The number of aliphatic hydroxyl groups excluding tert-OH is 1. The fourth-order valence-corrected chi connectivity index (χ4v) is 2.21. The molecule has 2 N–H and O–H groups in total. The van der Waals surface area contributed by atoms with Crippen molar-refractivity contribution < 1.29 is 14.4 Å². The van der Waals surface area contributed by atoms with Gasteiger partial charge in [0.2, 0.25) is 0 Å². The van der Waals surface area contributed by atoms with Crippen molar-refractivity contribution in [3.05, 3.63) is 52.9 Å². The van der Waals surface area contributed by atoms with E-state index in [0.717, 1.165) is 16.8 Å². The Morgan fingerprint density at radius 3 is 2.64 bits per heavy atom. The van der Waals surface area contributed by atoms with Crippen LogP contribution in [-0.4, -0.2) is 34.3 Å². The lowest BCUT2D eigenvalue weighted by Crippen LogP contribution is -2.40. The average Bonchev–Trinajstić information content (AvgIpc) is 2.84. The maximum atomic E-state index is 12.3. The van der Waals surface area contributed by atoms with E-state index in [-0.39, 0.29) is 19.2 Å². The highest BCUT2D eigenvalue weighted by Crippen LogP contribution is 2.12. The van der Waals surface area contributed by atoms with E-state index in [1.54, 1.807) is 4.90 Å². The molecule has 0 aliphatic carbocycles. The van der Waals surface area contributed by atoms with Crippen LogP contribution in [-0.2, 0) is 13.1 Å². The number of rotatable bonds is 6. The number of benzene rings is 1. The Balaban J connectivity index is 1.97. The molecule has 6 nitrogen and oxygen atoms in total. The van der Waals surface area contributed by atoms with Crippen LogP contribution in [0.4, 0.5) is 4.79 Å². The van der Waals surface area contributed by atoms with E-state index in [1.807, 2.05) is 44.2 Å². The summed E-state index contributed by atoms with van der Waals surface area (Å²) in [7, 11) is 0. The molecular weight excluding hydrogens is 282 g/mol. The molecule has 0 saturated carbocycles. The fourth-order valence-electron chi connectivity index (χ4n) is 2.21. The van der Waals surface area contributed by atoms with E-state index in [2.05, 4.69) is 10.5 Å². The predicted molar refractivity (Wildman–Crippen MR) is 82.2 cm³/mol. The molecule has 0 bridgehead atoms. The first-order valence-electron chi connectivity index (χ1n) is 7.21. The number of nitrogens with one attached hydrogen (secondary N) is 1. The Bertz CT molecular complexity index is 591. The van der Waals surface area contributed by atoms with Gasteiger partial charge in [0.25, 0.3) is 0 Å². The van der Waals surface area contributed by atoms with E-state index >= 15 is 0 Å². The second kappa shape index (κ2) is 7.61. The quantitative estimate of drug-likeness (QED) is 0.855. The van der Waals surface area contributed by atoms with E-state index in [9.17, 15) is 4.79 Å². The summed E-state index contributed by atoms with van der Waals surface area (Å²) >= 11 is 0. The summed E-state index contributed by atoms with van der Waals surface area (Å²) in [6.45, 7) is 4.67. The number of urea groups is 1. The van der Waals surface area contributed by atoms with Crippen LogP contribution < -0.4 is 5.32 Å². The van der Waals surface area contributed by atoms with E-state index in [1.165, 1.54) is 0 Å². The summed E-state index contributed by atoms with van der Waals surface area (Å²) in [4.78, 5) is 13.9. The van der Waals surface area contributed by atoms with Gasteiger partial charge in [0.15, 0.2) is 0 Å². The largest absolute Gasteiger partial charge is 0.395 e. The highest BCUT2D eigenvalue weighted by atomic mass is 16.5. The molecule has 0 radical (unpaired) electrons. The lowest BCUT2D eigenvalue weighted by Gasteiger charge is -2.22. The van der Waals surface area contributed by atoms with Crippen molar-refractivity contribution in [2.45, 2.75) is 26.9 Å². The van der Waals surface area contributed by atoms with Crippen molar-refractivity contribution in [3.63, 3.8) is 0 Å². The van der Waals surface area contributed by atoms with Crippen LogP contribution in [0.15, 0.2) is 34.9 Å². The Hall–Kier alpha value is -2.34. The number of amides is 2. The Kier molecular flexibility index (Phi) is 5.55. The summed E-state index contributed by atoms with van der Waals surface area (Å²) in [5.74, 6) is 0.703. The van der Waals surface area contributed by atoms with Gasteiger partial charge in [-0.1, -0.05) is 35.5 Å². The molecular formula is C16H21N3O3. The molecule has 118 valence electrons. The normalized spacial score (nSPS) is 10.5. The third-order valence-corrected chi connectivity index (χ3v) is 3.47. The summed E-state index contributed by atoms with van der Waals surface area (Å²) < 4.78 is 5.08. The molecule has 2 amide bonds. The molecule has 0 fully saturated rings. The summed E-state index contributed by atoms with van der Waals surface area (Å²) in [5, 5.41) is 15.9. The molecule has 0 atom stereocenters. The number of aliphatic hydroxyl groups is 1. The monoisotopic (exact) mass is 303 g/mol. The zero-order valence-corrected chi connectivity index (χ0v) is 12.9. The van der Waals surface area contributed by atoms with Gasteiger partial charge >= 0.3 is 6.03 Å². The maximum Gasteiger partial charge on any atom is 0.318 e. The number of aryl methyl sites for hydroxylation is 2. The number of hydrogen-bond acceptors (Lipinski definition) is 4. The zero-order chi connectivity index (χ0) is 15.9. The second-order valence-electron chi connectivity index (χ2n) is 5.09. The van der Waals surface area contributed by atoms with Crippen LogP contribution in [0, 0.1) is 13.8 Å². The van der Waals surface area contributed by atoms with Gasteiger partial charge in [-0.15, -0.1) is 0 Å². The molecule has 0 spiro atoms. The Morgan fingerprint density at radius 1 is 1.32 bits per heavy atom. The van der Waals surface area contributed by atoms with Gasteiger partial charge in [0.05, 0.1) is 12.3 Å². The lowest BCUT2D eigenvalue weighted by molar-refractivity contribution is 0.173. The molecule has 1 aromatic heterocycles. The van der Waals surface area contributed by atoms with Gasteiger partial charge in [0, 0.05) is 25.2 Å². The van der Waals surface area contributed by atoms with Crippen molar-refractivity contribution in [3.8, 4) is 0 Å². The molecule has 22 heavy (non-hydrogen) atoms. The van der Waals surface area contributed by atoms with Crippen LogP contribution in [0.5, 0.6) is 0 Å². The van der Waals surface area contributed by atoms with Crippen molar-refractivity contribution >= 4 is 6.03 Å². The highest BCUT2D eigenvalue weighted by Gasteiger charge is 2.15. The SMILES string of the molecule is Cc1noc(C)c1CNC(=O)N(CCO)Cc1ccccc1. The van der Waals surface area contributed by atoms with E-state index in [4.69, 9.17) is 9.63 Å². The highest BCUT2D eigenvalue weighted by molar-refractivity contribution is 5.74. The number of carbonyl (C=O) groups is 1. The smallest absolute Gasteiger partial charge is 0.318 e. The molecule has 2 rings (SSSR count). The Morgan fingerprint density at radius 2 is 2.05 bits per heavy atom. The van der Waals surface area contributed by atoms with E-state index < -0.39 is 0 Å². The van der Waals surface area contributed by atoms with Crippen LogP contribution >= 0.6 is 0 Å². The standard InChI is InChI=1S/C16H21N3O3/c1-12-15(13(2)22-18-12)10-17-16(21)19(8-9-20)11-14-6-4-3-5-7-14/h3-7,20H,8-11H2,1-2H3,(H,17,21). The number of carbonyl (C=O) groups excluding carboxylic acids is 1. The van der Waals surface area contributed by atoms with Gasteiger partial charge in [0.1, 0.15) is 5.76 Å². The van der Waals surface area contributed by atoms with Gasteiger partial charge in [-0.2, -0.15) is 0 Å². The average molecular weight is 303 g/mol. The first-order valence-corrected chi connectivity index (χ1v) is 7.21. The predicted octanol–water partition coefficient (Wildman–Crippen LogP) is 2.00. The minimum absolute atomic E-state index is 0.0778. The molecule has 0 unspecified atom stereocenters.